The minimum atomic E-state index is -0.589. The summed E-state index contributed by atoms with van der Waals surface area (Å²) in [5.41, 5.74) is 0. The quantitative estimate of drug-likeness (QED) is 0.666. The first-order valence-electron chi connectivity index (χ1n) is 5.59. The Balaban J connectivity index is 2.12. The zero-order chi connectivity index (χ0) is 11.7. The van der Waals surface area contributed by atoms with Gasteiger partial charge in [0.1, 0.15) is 0 Å². The van der Waals surface area contributed by atoms with Crippen molar-refractivity contribution < 1.29 is 23.8 Å². The van der Waals surface area contributed by atoms with Crippen molar-refractivity contribution >= 4 is 11.9 Å². The molecule has 0 radical (unpaired) electrons. The fourth-order valence-corrected chi connectivity index (χ4v) is 2.69. The highest BCUT2D eigenvalue weighted by atomic mass is 16.7. The predicted octanol–water partition coefficient (Wildman–Crippen LogP) is 0.721. The maximum absolute atomic E-state index is 11.7. The van der Waals surface area contributed by atoms with Crippen molar-refractivity contribution in [3.63, 3.8) is 0 Å². The zero-order valence-electron chi connectivity index (χ0n) is 9.47. The lowest BCUT2D eigenvalue weighted by molar-refractivity contribution is -0.169. The molecule has 1 saturated carbocycles. The molecule has 2 aliphatic rings. The minimum absolute atomic E-state index is 0.170. The van der Waals surface area contributed by atoms with Crippen LogP contribution in [0.2, 0.25) is 0 Å². The molecule has 0 aromatic heterocycles. The van der Waals surface area contributed by atoms with Gasteiger partial charge in [-0.25, -0.2) is 0 Å². The molecule has 1 aliphatic heterocycles. The van der Waals surface area contributed by atoms with Gasteiger partial charge in [-0.3, -0.25) is 9.59 Å². The van der Waals surface area contributed by atoms with Gasteiger partial charge < -0.3 is 14.2 Å². The minimum Gasteiger partial charge on any atom is -0.466 e. The highest BCUT2D eigenvalue weighted by Gasteiger charge is 2.55. The van der Waals surface area contributed by atoms with Crippen LogP contribution in [0.25, 0.3) is 0 Å². The number of carbonyl (C=O) groups excluding carboxylic acids is 2. The molecule has 0 bridgehead atoms. The molecule has 0 aromatic carbocycles. The van der Waals surface area contributed by atoms with Gasteiger partial charge in [-0.05, 0) is 19.8 Å². The highest BCUT2D eigenvalue weighted by Crippen LogP contribution is 2.46. The van der Waals surface area contributed by atoms with Crippen molar-refractivity contribution in [3.05, 3.63) is 0 Å². The molecule has 2 rings (SSSR count). The third-order valence-electron chi connectivity index (χ3n) is 3.39. The Morgan fingerprint density at radius 1 is 1.50 bits per heavy atom. The van der Waals surface area contributed by atoms with Crippen LogP contribution in [0.4, 0.5) is 0 Å². The van der Waals surface area contributed by atoms with E-state index in [1.807, 2.05) is 0 Å². The Morgan fingerprint density at radius 2 is 2.25 bits per heavy atom. The number of carbonyl (C=O) groups is 2. The summed E-state index contributed by atoms with van der Waals surface area (Å²) >= 11 is 0. The molecule has 90 valence electrons. The standard InChI is InChI=1S/C11H16O5/c1-3-15-9(12)6-4-5-7-8(6)11(14-2)16-10(7)13/h6-8,11H,3-5H2,1-2H3/t6-,7-,8+,11+/m1/s1. The van der Waals surface area contributed by atoms with Crippen LogP contribution < -0.4 is 0 Å². The SMILES string of the molecule is CCOC(=O)[C@@H]1CC[C@H]2C(=O)O[C@H](OC)[C@@H]12. The lowest BCUT2D eigenvalue weighted by Crippen LogP contribution is -2.30. The zero-order valence-corrected chi connectivity index (χ0v) is 9.47. The Hall–Kier alpha value is -1.10. The Kier molecular flexibility index (Phi) is 3.14. The molecule has 0 amide bonds. The van der Waals surface area contributed by atoms with E-state index < -0.39 is 6.29 Å². The molecule has 1 aliphatic carbocycles. The molecule has 1 heterocycles. The number of hydrogen-bond donors (Lipinski definition) is 0. The fourth-order valence-electron chi connectivity index (χ4n) is 2.69. The van der Waals surface area contributed by atoms with Gasteiger partial charge in [0.15, 0.2) is 0 Å². The van der Waals surface area contributed by atoms with Gasteiger partial charge in [0.05, 0.1) is 18.4 Å². The fraction of sp³-hybridized carbons (Fsp3) is 0.818. The van der Waals surface area contributed by atoms with E-state index in [0.29, 0.717) is 19.4 Å². The van der Waals surface area contributed by atoms with Crippen LogP contribution in [0.3, 0.4) is 0 Å². The molecular formula is C11H16O5. The number of esters is 2. The lowest BCUT2D eigenvalue weighted by Gasteiger charge is -2.20. The third-order valence-corrected chi connectivity index (χ3v) is 3.39. The second-order valence-electron chi connectivity index (χ2n) is 4.16. The summed E-state index contributed by atoms with van der Waals surface area (Å²) in [5, 5.41) is 0. The first kappa shape index (κ1) is 11.4. The molecule has 2 fully saturated rings. The van der Waals surface area contributed by atoms with E-state index in [9.17, 15) is 9.59 Å². The largest absolute Gasteiger partial charge is 0.466 e. The average Bonchev–Trinajstić information content (AvgIpc) is 2.80. The summed E-state index contributed by atoms with van der Waals surface area (Å²) in [6.07, 6.45) is 0.782. The summed E-state index contributed by atoms with van der Waals surface area (Å²) in [6.45, 7) is 2.13. The Morgan fingerprint density at radius 3 is 2.88 bits per heavy atom. The van der Waals surface area contributed by atoms with Crippen LogP contribution in [-0.2, 0) is 23.8 Å². The first-order chi connectivity index (χ1) is 7.69. The number of hydrogen-bond acceptors (Lipinski definition) is 5. The van der Waals surface area contributed by atoms with E-state index in [1.165, 1.54) is 7.11 Å². The number of ether oxygens (including phenoxy) is 3. The number of cyclic esters (lactones) is 1. The van der Waals surface area contributed by atoms with Crippen molar-refractivity contribution in [3.8, 4) is 0 Å². The molecule has 5 heteroatoms. The van der Waals surface area contributed by atoms with Crippen molar-refractivity contribution in [2.75, 3.05) is 13.7 Å². The molecule has 0 unspecified atom stereocenters. The number of methoxy groups -OCH3 is 1. The summed E-state index contributed by atoms with van der Waals surface area (Å²) in [6, 6.07) is 0. The normalized spacial score (nSPS) is 37.0. The summed E-state index contributed by atoms with van der Waals surface area (Å²) < 4.78 is 15.2. The average molecular weight is 228 g/mol. The molecule has 4 atom stereocenters. The maximum atomic E-state index is 11.7. The van der Waals surface area contributed by atoms with Gasteiger partial charge in [0, 0.05) is 13.0 Å². The topological polar surface area (TPSA) is 61.8 Å². The van der Waals surface area contributed by atoms with Gasteiger partial charge in [-0.15, -0.1) is 0 Å². The van der Waals surface area contributed by atoms with Gasteiger partial charge in [0.25, 0.3) is 0 Å². The van der Waals surface area contributed by atoms with E-state index in [4.69, 9.17) is 14.2 Å². The second-order valence-corrected chi connectivity index (χ2v) is 4.16. The summed E-state index contributed by atoms with van der Waals surface area (Å²) in [7, 11) is 1.49. The molecule has 1 saturated heterocycles. The molecule has 0 aromatic rings. The molecule has 16 heavy (non-hydrogen) atoms. The van der Waals surface area contributed by atoms with Gasteiger partial charge in [-0.1, -0.05) is 0 Å². The summed E-state index contributed by atoms with van der Waals surface area (Å²) in [5.74, 6) is -1.11. The van der Waals surface area contributed by atoms with Crippen molar-refractivity contribution in [1.29, 1.82) is 0 Å². The van der Waals surface area contributed by atoms with Gasteiger partial charge in [0.2, 0.25) is 6.29 Å². The van der Waals surface area contributed by atoms with Crippen molar-refractivity contribution in [1.82, 2.24) is 0 Å². The Labute approximate surface area is 94.0 Å². The summed E-state index contributed by atoms with van der Waals surface area (Å²) in [4.78, 5) is 23.2. The van der Waals surface area contributed by atoms with Gasteiger partial charge in [-0.2, -0.15) is 0 Å². The first-order valence-corrected chi connectivity index (χ1v) is 5.59. The lowest BCUT2D eigenvalue weighted by atomic mass is 9.91. The van der Waals surface area contributed by atoms with Crippen LogP contribution in [0.5, 0.6) is 0 Å². The van der Waals surface area contributed by atoms with Crippen LogP contribution in [-0.4, -0.2) is 31.9 Å². The van der Waals surface area contributed by atoms with E-state index in [0.717, 1.165) is 0 Å². The van der Waals surface area contributed by atoms with Crippen LogP contribution in [0.15, 0.2) is 0 Å². The van der Waals surface area contributed by atoms with Crippen LogP contribution >= 0.6 is 0 Å². The van der Waals surface area contributed by atoms with Crippen molar-refractivity contribution in [2.45, 2.75) is 26.1 Å². The highest BCUT2D eigenvalue weighted by molar-refractivity contribution is 5.80. The number of fused-ring (bicyclic) bond motifs is 1. The van der Waals surface area contributed by atoms with Crippen LogP contribution in [0.1, 0.15) is 19.8 Å². The van der Waals surface area contributed by atoms with Gasteiger partial charge >= 0.3 is 11.9 Å². The molecule has 0 spiro atoms. The predicted molar refractivity (Wildman–Crippen MR) is 53.2 cm³/mol. The molecule has 0 N–H and O–H groups in total. The van der Waals surface area contributed by atoms with E-state index >= 15 is 0 Å². The Bertz CT molecular complexity index is 301. The second kappa shape index (κ2) is 4.41. The number of rotatable bonds is 3. The third kappa shape index (κ3) is 1.69. The maximum Gasteiger partial charge on any atom is 0.311 e. The molecule has 5 nitrogen and oxygen atoms in total. The van der Waals surface area contributed by atoms with E-state index in [-0.39, 0.29) is 29.7 Å². The monoisotopic (exact) mass is 228 g/mol. The smallest absolute Gasteiger partial charge is 0.311 e. The van der Waals surface area contributed by atoms with Crippen molar-refractivity contribution in [2.24, 2.45) is 17.8 Å². The van der Waals surface area contributed by atoms with Crippen LogP contribution in [0, 0.1) is 17.8 Å². The van der Waals surface area contributed by atoms with E-state index in [2.05, 4.69) is 0 Å². The molecular weight excluding hydrogens is 212 g/mol. The van der Waals surface area contributed by atoms with E-state index in [1.54, 1.807) is 6.92 Å².